The zero-order chi connectivity index (χ0) is 15.4. The molecule has 21 heavy (non-hydrogen) atoms. The third kappa shape index (κ3) is 4.17. The van der Waals surface area contributed by atoms with Gasteiger partial charge in [0.15, 0.2) is 0 Å². The fourth-order valence-corrected chi connectivity index (χ4v) is 2.50. The lowest BCUT2D eigenvalue weighted by Crippen LogP contribution is -2.28. The van der Waals surface area contributed by atoms with Crippen molar-refractivity contribution >= 4 is 40.6 Å². The Balaban J connectivity index is 1.94. The van der Waals surface area contributed by atoms with Crippen molar-refractivity contribution in [2.24, 2.45) is 0 Å². The molecule has 8 heteroatoms. The Hall–Kier alpha value is -2.12. The molecule has 1 aromatic heterocycles. The number of amides is 2. The van der Waals surface area contributed by atoms with Gasteiger partial charge in [-0.15, -0.1) is 11.3 Å². The Morgan fingerprint density at radius 3 is 2.76 bits per heavy atom. The maximum atomic E-state index is 11.7. The summed E-state index contributed by atoms with van der Waals surface area (Å²) in [6.45, 7) is 2.19. The lowest BCUT2D eigenvalue weighted by Gasteiger charge is -2.08. The molecule has 2 rings (SSSR count). The van der Waals surface area contributed by atoms with Crippen LogP contribution in [0.1, 0.15) is 21.1 Å². The molecule has 0 aliphatic rings. The quantitative estimate of drug-likeness (QED) is 0.805. The first kappa shape index (κ1) is 15.3. The van der Waals surface area contributed by atoms with E-state index >= 15 is 0 Å². The molecule has 0 aliphatic heterocycles. The van der Waals surface area contributed by atoms with Crippen LogP contribution in [0.5, 0.6) is 0 Å². The van der Waals surface area contributed by atoms with Crippen molar-refractivity contribution in [3.63, 3.8) is 0 Å². The number of anilines is 1. The Bertz CT molecular complexity index is 687. The minimum Gasteiger partial charge on any atom is -0.478 e. The zero-order valence-electron chi connectivity index (χ0n) is 11.0. The van der Waals surface area contributed by atoms with Crippen LogP contribution >= 0.6 is 22.9 Å². The molecule has 0 bridgehead atoms. The van der Waals surface area contributed by atoms with Gasteiger partial charge in [0.25, 0.3) is 0 Å². The van der Waals surface area contributed by atoms with Crippen molar-refractivity contribution in [3.8, 4) is 0 Å². The summed E-state index contributed by atoms with van der Waals surface area (Å²) >= 11 is 7.38. The molecule has 1 aromatic carbocycles. The van der Waals surface area contributed by atoms with Crippen molar-refractivity contribution in [3.05, 3.63) is 44.9 Å². The Labute approximate surface area is 129 Å². The van der Waals surface area contributed by atoms with Gasteiger partial charge < -0.3 is 15.7 Å². The van der Waals surface area contributed by atoms with Gasteiger partial charge in [0, 0.05) is 11.1 Å². The summed E-state index contributed by atoms with van der Waals surface area (Å²) in [5, 5.41) is 16.9. The number of carboxylic acid groups (broad SMARTS) is 1. The molecule has 2 aromatic rings. The van der Waals surface area contributed by atoms with Crippen LogP contribution in [-0.2, 0) is 6.54 Å². The van der Waals surface area contributed by atoms with E-state index < -0.39 is 12.0 Å². The number of nitrogens with one attached hydrogen (secondary N) is 2. The normalized spacial score (nSPS) is 10.2. The van der Waals surface area contributed by atoms with E-state index in [9.17, 15) is 9.59 Å². The van der Waals surface area contributed by atoms with Crippen molar-refractivity contribution < 1.29 is 14.7 Å². The molecule has 2 amide bonds. The monoisotopic (exact) mass is 325 g/mol. The van der Waals surface area contributed by atoms with Crippen molar-refractivity contribution in [2.45, 2.75) is 13.5 Å². The number of halogens is 1. The highest BCUT2D eigenvalue weighted by molar-refractivity contribution is 7.09. The number of hydrogen-bond acceptors (Lipinski definition) is 4. The van der Waals surface area contributed by atoms with Crippen LogP contribution in [0.25, 0.3) is 0 Å². The lowest BCUT2D eigenvalue weighted by atomic mass is 10.2. The third-order valence-electron chi connectivity index (χ3n) is 2.53. The van der Waals surface area contributed by atoms with Gasteiger partial charge in [-0.3, -0.25) is 0 Å². The van der Waals surface area contributed by atoms with Crippen molar-refractivity contribution in [1.82, 2.24) is 10.3 Å². The summed E-state index contributed by atoms with van der Waals surface area (Å²) in [6, 6.07) is 3.66. The van der Waals surface area contributed by atoms with E-state index in [1.165, 1.54) is 29.5 Å². The van der Waals surface area contributed by atoms with Gasteiger partial charge in [0.05, 0.1) is 22.8 Å². The fourth-order valence-electron chi connectivity index (χ4n) is 1.56. The van der Waals surface area contributed by atoms with Gasteiger partial charge in [0.2, 0.25) is 0 Å². The maximum absolute atomic E-state index is 11.7. The standard InChI is InChI=1S/C13H12ClN3O3S/c1-7-6-21-11(16-7)5-15-13(20)17-10-3-2-8(12(18)19)4-9(10)14/h2-4,6H,5H2,1H3,(H,18,19)(H2,15,17,20). The molecule has 0 atom stereocenters. The molecular formula is C13H12ClN3O3S. The van der Waals surface area contributed by atoms with Crippen LogP contribution in [0, 0.1) is 6.92 Å². The van der Waals surface area contributed by atoms with Gasteiger partial charge in [-0.25, -0.2) is 14.6 Å². The highest BCUT2D eigenvalue weighted by Crippen LogP contribution is 2.23. The number of hydrogen-bond donors (Lipinski definition) is 3. The van der Waals surface area contributed by atoms with Crippen LogP contribution in [0.2, 0.25) is 5.02 Å². The van der Waals surface area contributed by atoms with E-state index in [4.69, 9.17) is 16.7 Å². The number of nitrogens with zero attached hydrogens (tertiary/aromatic N) is 1. The number of aryl methyl sites for hydroxylation is 1. The summed E-state index contributed by atoms with van der Waals surface area (Å²) in [5.41, 5.74) is 1.31. The average Bonchev–Trinajstić information content (AvgIpc) is 2.84. The Morgan fingerprint density at radius 2 is 2.19 bits per heavy atom. The van der Waals surface area contributed by atoms with E-state index in [1.807, 2.05) is 12.3 Å². The van der Waals surface area contributed by atoms with Crippen molar-refractivity contribution in [1.29, 1.82) is 0 Å². The molecule has 3 N–H and O–H groups in total. The molecule has 0 saturated heterocycles. The Morgan fingerprint density at radius 1 is 1.43 bits per heavy atom. The smallest absolute Gasteiger partial charge is 0.335 e. The second-order valence-electron chi connectivity index (χ2n) is 4.19. The summed E-state index contributed by atoms with van der Waals surface area (Å²) in [4.78, 5) is 26.8. The van der Waals surface area contributed by atoms with Crippen LogP contribution in [0.4, 0.5) is 10.5 Å². The largest absolute Gasteiger partial charge is 0.478 e. The molecular weight excluding hydrogens is 314 g/mol. The predicted molar refractivity (Wildman–Crippen MR) is 81.1 cm³/mol. The van der Waals surface area contributed by atoms with Crippen LogP contribution in [-0.4, -0.2) is 22.1 Å². The second-order valence-corrected chi connectivity index (χ2v) is 5.54. The molecule has 6 nitrogen and oxygen atoms in total. The summed E-state index contributed by atoms with van der Waals surface area (Å²) in [7, 11) is 0. The first-order valence-electron chi connectivity index (χ1n) is 5.94. The summed E-state index contributed by atoms with van der Waals surface area (Å²) < 4.78 is 0. The Kier molecular flexibility index (Phi) is 4.77. The van der Waals surface area contributed by atoms with Gasteiger partial charge in [0.1, 0.15) is 5.01 Å². The van der Waals surface area contributed by atoms with Crippen molar-refractivity contribution in [2.75, 3.05) is 5.32 Å². The molecule has 0 radical (unpaired) electrons. The van der Waals surface area contributed by atoms with E-state index in [0.29, 0.717) is 12.2 Å². The zero-order valence-corrected chi connectivity index (χ0v) is 12.6. The topological polar surface area (TPSA) is 91.3 Å². The molecule has 0 fully saturated rings. The minimum atomic E-state index is -1.08. The number of aromatic carboxylic acids is 1. The van der Waals surface area contributed by atoms with Gasteiger partial charge >= 0.3 is 12.0 Å². The first-order valence-corrected chi connectivity index (χ1v) is 7.20. The number of carbonyl (C=O) groups excluding carboxylic acids is 1. The van der Waals surface area contributed by atoms with Gasteiger partial charge in [-0.1, -0.05) is 11.6 Å². The molecule has 0 aliphatic carbocycles. The maximum Gasteiger partial charge on any atom is 0.335 e. The molecule has 0 saturated carbocycles. The van der Waals surface area contributed by atoms with Crippen LogP contribution < -0.4 is 10.6 Å². The second kappa shape index (κ2) is 6.55. The van der Waals surface area contributed by atoms with E-state index in [0.717, 1.165) is 10.7 Å². The number of aromatic nitrogens is 1. The fraction of sp³-hybridized carbons (Fsp3) is 0.154. The minimum absolute atomic E-state index is 0.0595. The van der Waals surface area contributed by atoms with E-state index in [2.05, 4.69) is 15.6 Å². The number of urea groups is 1. The molecule has 110 valence electrons. The van der Waals surface area contributed by atoms with E-state index in [-0.39, 0.29) is 10.6 Å². The third-order valence-corrected chi connectivity index (χ3v) is 3.81. The predicted octanol–water partition coefficient (Wildman–Crippen LogP) is 3.12. The number of benzene rings is 1. The summed E-state index contributed by atoms with van der Waals surface area (Å²) in [5.74, 6) is -1.08. The average molecular weight is 326 g/mol. The SMILES string of the molecule is Cc1csc(CNC(=O)Nc2ccc(C(=O)O)cc2Cl)n1. The number of rotatable bonds is 4. The number of thiazole rings is 1. The highest BCUT2D eigenvalue weighted by atomic mass is 35.5. The van der Waals surface area contributed by atoms with E-state index in [1.54, 1.807) is 0 Å². The van der Waals surface area contributed by atoms with Gasteiger partial charge in [-0.05, 0) is 25.1 Å². The molecule has 0 spiro atoms. The first-order chi connectivity index (χ1) is 9.95. The molecule has 1 heterocycles. The number of carbonyl (C=O) groups is 2. The lowest BCUT2D eigenvalue weighted by molar-refractivity contribution is 0.0697. The van der Waals surface area contributed by atoms with Gasteiger partial charge in [-0.2, -0.15) is 0 Å². The number of carboxylic acids is 1. The molecule has 0 unspecified atom stereocenters. The highest BCUT2D eigenvalue weighted by Gasteiger charge is 2.10. The van der Waals surface area contributed by atoms with Crippen LogP contribution in [0.3, 0.4) is 0 Å². The van der Waals surface area contributed by atoms with Crippen LogP contribution in [0.15, 0.2) is 23.6 Å². The summed E-state index contributed by atoms with van der Waals surface area (Å²) in [6.07, 6.45) is 0.